The van der Waals surface area contributed by atoms with Gasteiger partial charge in [-0.3, -0.25) is 4.90 Å². The van der Waals surface area contributed by atoms with Crippen LogP contribution >= 0.6 is 11.3 Å². The van der Waals surface area contributed by atoms with Crippen molar-refractivity contribution >= 4 is 32.4 Å². The van der Waals surface area contributed by atoms with E-state index in [-0.39, 0.29) is 12.1 Å². The third-order valence-electron chi connectivity index (χ3n) is 8.17. The van der Waals surface area contributed by atoms with E-state index >= 15 is 0 Å². The first kappa shape index (κ1) is 26.1. The average Bonchev–Trinajstić information content (AvgIpc) is 3.62. The minimum atomic E-state index is -1.64. The number of rotatable bonds is 7. The molecule has 0 bridgehead atoms. The van der Waals surface area contributed by atoms with Gasteiger partial charge in [0.15, 0.2) is 5.13 Å². The molecule has 0 radical (unpaired) electrons. The van der Waals surface area contributed by atoms with E-state index in [1.165, 1.54) is 59.1 Å². The van der Waals surface area contributed by atoms with Crippen LogP contribution in [0.15, 0.2) is 49.1 Å². The number of aliphatic hydroxyl groups is 1. The van der Waals surface area contributed by atoms with E-state index in [0.29, 0.717) is 13.1 Å². The number of aromatic nitrogens is 4. The molecule has 4 aromatic rings. The maximum atomic E-state index is 15.0. The van der Waals surface area contributed by atoms with E-state index in [1.807, 2.05) is 6.92 Å². The predicted octanol–water partition coefficient (Wildman–Crippen LogP) is 4.25. The summed E-state index contributed by atoms with van der Waals surface area (Å²) in [6.45, 7) is 6.90. The van der Waals surface area contributed by atoms with Crippen LogP contribution in [0.4, 0.5) is 19.6 Å². The Hall–Kier alpha value is -3.15. The van der Waals surface area contributed by atoms with Gasteiger partial charge >= 0.3 is 0 Å². The van der Waals surface area contributed by atoms with Crippen LogP contribution in [0, 0.1) is 11.6 Å². The number of hydrogen-bond acceptors (Lipinski definition) is 8. The summed E-state index contributed by atoms with van der Waals surface area (Å²) in [6, 6.07) is 9.43. The molecule has 2 aromatic carbocycles. The van der Waals surface area contributed by atoms with Crippen LogP contribution in [-0.4, -0.2) is 75.1 Å². The first-order chi connectivity index (χ1) is 18.9. The molecule has 2 saturated heterocycles. The summed E-state index contributed by atoms with van der Waals surface area (Å²) in [6.07, 6.45) is 6.66. The van der Waals surface area contributed by atoms with Crippen LogP contribution < -0.4 is 9.80 Å². The Labute approximate surface area is 230 Å². The molecule has 39 heavy (non-hydrogen) atoms. The van der Waals surface area contributed by atoms with Gasteiger partial charge in [0.2, 0.25) is 0 Å². The largest absolute Gasteiger partial charge is 0.381 e. The third-order valence-corrected chi connectivity index (χ3v) is 9.25. The van der Waals surface area contributed by atoms with Gasteiger partial charge in [-0.25, -0.2) is 23.4 Å². The van der Waals surface area contributed by atoms with Gasteiger partial charge in [-0.15, -0.1) is 0 Å². The zero-order valence-electron chi connectivity index (χ0n) is 22.0. The smallest absolute Gasteiger partial charge is 0.186 e. The highest BCUT2D eigenvalue weighted by atomic mass is 32.1. The van der Waals surface area contributed by atoms with Gasteiger partial charge in [0.1, 0.15) is 29.9 Å². The monoisotopic (exact) mass is 553 g/mol. The number of piperidine rings is 1. The molecule has 6 rings (SSSR count). The second-order valence-electron chi connectivity index (χ2n) is 10.5. The highest BCUT2D eigenvalue weighted by molar-refractivity contribution is 7.22. The summed E-state index contributed by atoms with van der Waals surface area (Å²) in [5, 5.41) is 17.1. The van der Waals surface area contributed by atoms with Crippen LogP contribution in [0.5, 0.6) is 0 Å². The molecule has 0 saturated carbocycles. The molecule has 2 aromatic heterocycles. The highest BCUT2D eigenvalue weighted by Crippen LogP contribution is 2.36. The molecule has 2 aliphatic heterocycles. The quantitative estimate of drug-likeness (QED) is 0.367. The van der Waals surface area contributed by atoms with Crippen LogP contribution in [0.3, 0.4) is 0 Å². The summed E-state index contributed by atoms with van der Waals surface area (Å²) in [7, 11) is 0. The maximum absolute atomic E-state index is 15.0. The van der Waals surface area contributed by atoms with Gasteiger partial charge < -0.3 is 14.9 Å². The fourth-order valence-electron chi connectivity index (χ4n) is 5.83. The lowest BCUT2D eigenvalue weighted by Gasteiger charge is -2.44. The number of piperazine rings is 1. The first-order valence-electron chi connectivity index (χ1n) is 13.6. The maximum Gasteiger partial charge on any atom is 0.186 e. The Morgan fingerprint density at radius 3 is 2.49 bits per heavy atom. The molecule has 0 spiro atoms. The van der Waals surface area contributed by atoms with E-state index in [9.17, 15) is 13.9 Å². The van der Waals surface area contributed by atoms with E-state index < -0.39 is 23.3 Å². The third kappa shape index (κ3) is 5.22. The number of anilines is 2. The van der Waals surface area contributed by atoms with Crippen LogP contribution in [0.1, 0.15) is 31.7 Å². The molecule has 2 aliphatic rings. The molecule has 0 amide bonds. The van der Waals surface area contributed by atoms with Crippen molar-refractivity contribution in [1.82, 2.24) is 24.6 Å². The van der Waals surface area contributed by atoms with Crippen molar-refractivity contribution in [3.63, 3.8) is 0 Å². The van der Waals surface area contributed by atoms with Crippen LogP contribution in [0.2, 0.25) is 0 Å². The van der Waals surface area contributed by atoms with Gasteiger partial charge in [0.25, 0.3) is 0 Å². The van der Waals surface area contributed by atoms with Crippen LogP contribution in [0.25, 0.3) is 10.2 Å². The van der Waals surface area contributed by atoms with E-state index in [2.05, 4.69) is 43.0 Å². The van der Waals surface area contributed by atoms with Crippen molar-refractivity contribution in [2.75, 3.05) is 49.1 Å². The minimum Gasteiger partial charge on any atom is -0.381 e. The Morgan fingerprint density at radius 2 is 1.77 bits per heavy atom. The standard InChI is InChI=1S/C28H33F2N7OS/c1-20(28(38,17-37-19-31-18-32-37)23-7-5-21(29)15-24(23)30)34-11-13-36(14-12-34)27-33-25-8-6-22(16-26(25)39-27)35-9-3-2-4-10-35/h5-8,15-16,18-20,38H,2-4,9-14,17H2,1H3. The van der Waals surface area contributed by atoms with Gasteiger partial charge in [0.05, 0.1) is 16.8 Å². The number of hydrogen-bond donors (Lipinski definition) is 1. The lowest BCUT2D eigenvalue weighted by atomic mass is 9.85. The van der Waals surface area contributed by atoms with Gasteiger partial charge in [-0.1, -0.05) is 17.4 Å². The van der Waals surface area contributed by atoms with E-state index in [1.54, 1.807) is 11.3 Å². The molecule has 11 heteroatoms. The molecule has 2 unspecified atom stereocenters. The summed E-state index contributed by atoms with van der Waals surface area (Å²) >= 11 is 1.72. The number of thiazole rings is 1. The Bertz CT molecular complexity index is 1420. The molecule has 1 N–H and O–H groups in total. The number of halogens is 2. The normalized spacial score (nSPS) is 19.4. The zero-order chi connectivity index (χ0) is 27.0. The van der Waals surface area contributed by atoms with Crippen molar-refractivity contribution in [1.29, 1.82) is 0 Å². The van der Waals surface area contributed by atoms with Crippen LogP contribution in [-0.2, 0) is 12.1 Å². The topological polar surface area (TPSA) is 73.6 Å². The summed E-state index contributed by atoms with van der Waals surface area (Å²) < 4.78 is 31.3. The molecular formula is C28H33F2N7OS. The first-order valence-corrected chi connectivity index (χ1v) is 14.4. The molecule has 2 fully saturated rings. The van der Waals surface area contributed by atoms with Crippen molar-refractivity contribution in [2.45, 2.75) is 44.4 Å². The van der Waals surface area contributed by atoms with E-state index in [0.717, 1.165) is 42.9 Å². The lowest BCUT2D eigenvalue weighted by Crippen LogP contribution is -2.57. The molecular weight excluding hydrogens is 520 g/mol. The molecule has 206 valence electrons. The molecule has 4 heterocycles. The zero-order valence-corrected chi connectivity index (χ0v) is 22.8. The number of nitrogens with zero attached hydrogens (tertiary/aromatic N) is 7. The van der Waals surface area contributed by atoms with Crippen molar-refractivity contribution < 1.29 is 13.9 Å². The summed E-state index contributed by atoms with van der Waals surface area (Å²) in [5.74, 6) is -1.46. The molecule has 0 aliphatic carbocycles. The SMILES string of the molecule is CC(N1CCN(c2nc3ccc(N4CCCCC4)cc3s2)CC1)C(O)(Cn1cncn1)c1ccc(F)cc1F. The average molecular weight is 554 g/mol. The van der Waals surface area contributed by atoms with Crippen molar-refractivity contribution in [3.05, 3.63) is 66.3 Å². The van der Waals surface area contributed by atoms with Crippen molar-refractivity contribution in [2.24, 2.45) is 0 Å². The second kappa shape index (κ2) is 10.8. The van der Waals surface area contributed by atoms with E-state index in [4.69, 9.17) is 4.98 Å². The Morgan fingerprint density at radius 1 is 0.974 bits per heavy atom. The Kier molecular flexibility index (Phi) is 7.22. The van der Waals surface area contributed by atoms with Gasteiger partial charge in [0, 0.05) is 62.6 Å². The molecule has 2 atom stereocenters. The van der Waals surface area contributed by atoms with Gasteiger partial charge in [-0.05, 0) is 50.5 Å². The summed E-state index contributed by atoms with van der Waals surface area (Å²) in [5.41, 5.74) is 0.690. The number of benzene rings is 2. The second-order valence-corrected chi connectivity index (χ2v) is 11.5. The molecule has 8 nitrogen and oxygen atoms in total. The lowest BCUT2D eigenvalue weighted by molar-refractivity contribution is -0.0650. The number of fused-ring (bicyclic) bond motifs is 1. The fourth-order valence-corrected chi connectivity index (χ4v) is 6.88. The Balaban J connectivity index is 1.18. The predicted molar refractivity (Wildman–Crippen MR) is 149 cm³/mol. The minimum absolute atomic E-state index is 0.00580. The fraction of sp³-hybridized carbons (Fsp3) is 0.464. The van der Waals surface area contributed by atoms with Gasteiger partial charge in [-0.2, -0.15) is 5.10 Å². The van der Waals surface area contributed by atoms with Crippen molar-refractivity contribution in [3.8, 4) is 0 Å². The highest BCUT2D eigenvalue weighted by Gasteiger charge is 2.42. The summed E-state index contributed by atoms with van der Waals surface area (Å²) in [4.78, 5) is 15.8.